The summed E-state index contributed by atoms with van der Waals surface area (Å²) in [6.45, 7) is 4.68. The molecule has 2 aromatic rings. The van der Waals surface area contributed by atoms with Crippen LogP contribution in [0, 0.1) is 24.0 Å². The van der Waals surface area contributed by atoms with Crippen molar-refractivity contribution in [3.05, 3.63) is 55.8 Å². The van der Waals surface area contributed by atoms with Gasteiger partial charge in [-0.3, -0.25) is 14.9 Å². The number of aryl methyl sites for hydroxylation is 2. The predicted octanol–water partition coefficient (Wildman–Crippen LogP) is 1.93. The first-order valence-corrected chi connectivity index (χ1v) is 8.14. The molecule has 2 rings (SSSR count). The zero-order valence-corrected chi connectivity index (χ0v) is 14.2. The lowest BCUT2D eigenvalue weighted by Gasteiger charge is -2.13. The Morgan fingerprint density at radius 2 is 2.04 bits per heavy atom. The number of benzene rings is 1. The Bertz CT molecular complexity index is 714. The molecule has 6 nitrogen and oxygen atoms in total. The van der Waals surface area contributed by atoms with E-state index in [1.807, 2.05) is 38.4 Å². The summed E-state index contributed by atoms with van der Waals surface area (Å²) in [6, 6.07) is 7.15. The van der Waals surface area contributed by atoms with Crippen LogP contribution in [0.1, 0.15) is 16.0 Å². The Labute approximate surface area is 138 Å². The fraction of sp³-hybridized carbons (Fsp3) is 0.312. The van der Waals surface area contributed by atoms with E-state index in [9.17, 15) is 14.9 Å². The lowest BCUT2D eigenvalue weighted by Crippen LogP contribution is -3.08. The average molecular weight is 334 g/mol. The van der Waals surface area contributed by atoms with E-state index >= 15 is 0 Å². The van der Waals surface area contributed by atoms with Crippen LogP contribution < -0.4 is 10.2 Å². The molecular weight excluding hydrogens is 314 g/mol. The number of carbonyl (C=O) groups excluding carboxylic acids is 1. The van der Waals surface area contributed by atoms with Crippen LogP contribution in [-0.2, 0) is 11.3 Å². The molecule has 0 aliphatic carbocycles. The van der Waals surface area contributed by atoms with E-state index in [4.69, 9.17) is 0 Å². The molecule has 0 bridgehead atoms. The zero-order valence-electron chi connectivity index (χ0n) is 13.4. The number of rotatable bonds is 6. The molecule has 0 saturated heterocycles. The van der Waals surface area contributed by atoms with Gasteiger partial charge in [0.15, 0.2) is 6.54 Å². The minimum absolute atomic E-state index is 0.0719. The molecule has 23 heavy (non-hydrogen) atoms. The number of amides is 1. The normalized spacial score (nSPS) is 12.0. The number of hydrogen-bond acceptors (Lipinski definition) is 4. The van der Waals surface area contributed by atoms with Crippen molar-refractivity contribution in [1.29, 1.82) is 0 Å². The third-order valence-corrected chi connectivity index (χ3v) is 4.48. The van der Waals surface area contributed by atoms with Crippen LogP contribution in [0.15, 0.2) is 29.6 Å². The highest BCUT2D eigenvalue weighted by Gasteiger charge is 2.19. The third-order valence-electron chi connectivity index (χ3n) is 3.60. The second-order valence-corrected chi connectivity index (χ2v) is 6.68. The summed E-state index contributed by atoms with van der Waals surface area (Å²) in [7, 11) is 1.92. The molecule has 0 radical (unpaired) electrons. The number of nitrogens with zero attached hydrogens (tertiary/aromatic N) is 1. The van der Waals surface area contributed by atoms with Gasteiger partial charge in [-0.05, 0) is 42.5 Å². The Balaban J connectivity index is 2.05. The standard InChI is InChI=1S/C16H19N3O3S/c1-11-7-14(15(19(21)22)8-12(11)2)17-16(20)10-18(3)9-13-5-4-6-23-13/h4-8H,9-10H2,1-3H3,(H,17,20)/p+1. The van der Waals surface area contributed by atoms with Crippen LogP contribution in [0.4, 0.5) is 11.4 Å². The van der Waals surface area contributed by atoms with E-state index in [1.54, 1.807) is 17.4 Å². The van der Waals surface area contributed by atoms with Crippen molar-refractivity contribution >= 4 is 28.6 Å². The number of hydrogen-bond donors (Lipinski definition) is 2. The maximum Gasteiger partial charge on any atom is 0.293 e. The Kier molecular flexibility index (Phi) is 5.46. The van der Waals surface area contributed by atoms with Gasteiger partial charge in [-0.2, -0.15) is 0 Å². The monoisotopic (exact) mass is 334 g/mol. The molecule has 1 aromatic carbocycles. The largest absolute Gasteiger partial charge is 0.325 e. The van der Waals surface area contributed by atoms with Crippen LogP contribution in [0.3, 0.4) is 0 Å². The van der Waals surface area contributed by atoms with Gasteiger partial charge in [-0.25, -0.2) is 0 Å². The molecule has 0 fully saturated rings. The molecule has 7 heteroatoms. The summed E-state index contributed by atoms with van der Waals surface area (Å²) in [5.74, 6) is -0.231. The number of anilines is 1. The van der Waals surface area contributed by atoms with Crippen LogP contribution >= 0.6 is 11.3 Å². The first-order chi connectivity index (χ1) is 10.9. The van der Waals surface area contributed by atoms with Gasteiger partial charge < -0.3 is 10.2 Å². The number of thiophene rings is 1. The third kappa shape index (κ3) is 4.61. The van der Waals surface area contributed by atoms with Crippen LogP contribution in [0.2, 0.25) is 0 Å². The van der Waals surface area contributed by atoms with Crippen molar-refractivity contribution in [3.8, 4) is 0 Å². The minimum atomic E-state index is -0.468. The van der Waals surface area contributed by atoms with Crippen molar-refractivity contribution < 1.29 is 14.6 Å². The van der Waals surface area contributed by atoms with Crippen molar-refractivity contribution in [2.24, 2.45) is 0 Å². The maximum atomic E-state index is 12.2. The smallest absolute Gasteiger partial charge is 0.293 e. The van der Waals surface area contributed by atoms with E-state index in [0.717, 1.165) is 22.6 Å². The Morgan fingerprint density at radius 1 is 1.35 bits per heavy atom. The summed E-state index contributed by atoms with van der Waals surface area (Å²) >= 11 is 1.65. The summed E-state index contributed by atoms with van der Waals surface area (Å²) in [5, 5.41) is 15.8. The highest BCUT2D eigenvalue weighted by atomic mass is 32.1. The lowest BCUT2D eigenvalue weighted by molar-refractivity contribution is -0.884. The molecule has 0 aliphatic heterocycles. The predicted molar refractivity (Wildman–Crippen MR) is 91.0 cm³/mol. The van der Waals surface area contributed by atoms with E-state index < -0.39 is 4.92 Å². The Hall–Kier alpha value is -2.25. The molecule has 0 aliphatic rings. The van der Waals surface area contributed by atoms with E-state index in [0.29, 0.717) is 0 Å². The van der Waals surface area contributed by atoms with Gasteiger partial charge in [0.25, 0.3) is 11.6 Å². The summed E-state index contributed by atoms with van der Waals surface area (Å²) in [6.07, 6.45) is 0. The number of nitrogens with one attached hydrogen (secondary N) is 2. The topological polar surface area (TPSA) is 76.7 Å². The average Bonchev–Trinajstić information content (AvgIpc) is 2.94. The zero-order chi connectivity index (χ0) is 17.0. The van der Waals surface area contributed by atoms with Crippen molar-refractivity contribution in [2.45, 2.75) is 20.4 Å². The minimum Gasteiger partial charge on any atom is -0.325 e. The number of quaternary nitrogens is 1. The molecule has 2 N–H and O–H groups in total. The second-order valence-electron chi connectivity index (χ2n) is 5.65. The van der Waals surface area contributed by atoms with Gasteiger partial charge >= 0.3 is 0 Å². The van der Waals surface area contributed by atoms with Gasteiger partial charge in [0.05, 0.1) is 16.8 Å². The molecule has 122 valence electrons. The SMILES string of the molecule is Cc1cc(NC(=O)C[NH+](C)Cc2cccs2)c([N+](=O)[O-])cc1C. The molecule has 1 unspecified atom stereocenters. The summed E-state index contributed by atoms with van der Waals surface area (Å²) in [4.78, 5) is 25.1. The first-order valence-electron chi connectivity index (χ1n) is 7.26. The highest BCUT2D eigenvalue weighted by molar-refractivity contribution is 7.09. The molecule has 1 aromatic heterocycles. The number of likely N-dealkylation sites (N-methyl/N-ethyl adjacent to an activating group) is 1. The molecule has 1 amide bonds. The van der Waals surface area contributed by atoms with Gasteiger partial charge in [0, 0.05) is 6.07 Å². The van der Waals surface area contributed by atoms with Crippen LogP contribution in [0.25, 0.3) is 0 Å². The molecule has 0 spiro atoms. The van der Waals surface area contributed by atoms with E-state index in [-0.39, 0.29) is 23.8 Å². The molecular formula is C16H20N3O3S+. The van der Waals surface area contributed by atoms with Gasteiger partial charge in [-0.15, -0.1) is 11.3 Å². The number of nitro benzene ring substituents is 1. The number of nitro groups is 1. The first kappa shape index (κ1) is 17.1. The lowest BCUT2D eigenvalue weighted by atomic mass is 10.1. The van der Waals surface area contributed by atoms with E-state index in [2.05, 4.69) is 5.32 Å². The van der Waals surface area contributed by atoms with E-state index in [1.165, 1.54) is 10.9 Å². The van der Waals surface area contributed by atoms with Gasteiger partial charge in [0.2, 0.25) is 0 Å². The molecule has 1 heterocycles. The van der Waals surface area contributed by atoms with Gasteiger partial charge in [-0.1, -0.05) is 6.07 Å². The van der Waals surface area contributed by atoms with Crippen LogP contribution in [-0.4, -0.2) is 24.4 Å². The summed E-state index contributed by atoms with van der Waals surface area (Å²) in [5.41, 5.74) is 1.92. The number of carbonyl (C=O) groups is 1. The highest BCUT2D eigenvalue weighted by Crippen LogP contribution is 2.27. The van der Waals surface area contributed by atoms with Crippen molar-refractivity contribution in [3.63, 3.8) is 0 Å². The Morgan fingerprint density at radius 3 is 2.65 bits per heavy atom. The fourth-order valence-corrected chi connectivity index (χ4v) is 3.11. The van der Waals surface area contributed by atoms with Crippen molar-refractivity contribution in [2.75, 3.05) is 18.9 Å². The maximum absolute atomic E-state index is 12.2. The molecule has 0 saturated carbocycles. The van der Waals surface area contributed by atoms with Gasteiger partial charge in [0.1, 0.15) is 12.2 Å². The fourth-order valence-electron chi connectivity index (χ4n) is 2.29. The summed E-state index contributed by atoms with van der Waals surface area (Å²) < 4.78 is 0. The van der Waals surface area contributed by atoms with Crippen LogP contribution in [0.5, 0.6) is 0 Å². The quantitative estimate of drug-likeness (QED) is 0.626. The van der Waals surface area contributed by atoms with Crippen molar-refractivity contribution in [1.82, 2.24) is 0 Å². The second kappa shape index (κ2) is 7.34. The molecule has 1 atom stereocenters.